The zero-order valence-electron chi connectivity index (χ0n) is 10.3. The minimum Gasteiger partial charge on any atom is -0.491 e. The van der Waals surface area contributed by atoms with Gasteiger partial charge in [-0.2, -0.15) is 0 Å². The lowest BCUT2D eigenvalue weighted by Crippen LogP contribution is -2.19. The molecule has 0 saturated heterocycles. The second-order valence-corrected chi connectivity index (χ2v) is 4.39. The Kier molecular flexibility index (Phi) is 5.25. The first-order valence-corrected chi connectivity index (χ1v) is 5.68. The summed E-state index contributed by atoms with van der Waals surface area (Å²) < 4.78 is 5.54. The van der Waals surface area contributed by atoms with E-state index in [0.717, 1.165) is 12.1 Å². The third-order valence-corrected chi connectivity index (χ3v) is 2.59. The molecule has 0 amide bonds. The Morgan fingerprint density at radius 2 is 2.18 bits per heavy atom. The van der Waals surface area contributed by atoms with Crippen molar-refractivity contribution in [2.75, 3.05) is 27.2 Å². The Labute approximate surface area is 106 Å². The van der Waals surface area contributed by atoms with E-state index < -0.39 is 0 Å². The predicted molar refractivity (Wildman–Crippen MR) is 69.5 cm³/mol. The van der Waals surface area contributed by atoms with E-state index in [0.29, 0.717) is 23.1 Å². The van der Waals surface area contributed by atoms with Crippen LogP contribution in [0.25, 0.3) is 0 Å². The van der Waals surface area contributed by atoms with E-state index in [4.69, 9.17) is 21.5 Å². The van der Waals surface area contributed by atoms with Crippen LogP contribution in [0.3, 0.4) is 0 Å². The van der Waals surface area contributed by atoms with Crippen LogP contribution >= 0.6 is 11.6 Å². The fourth-order valence-electron chi connectivity index (χ4n) is 1.24. The molecule has 1 rings (SSSR count). The second-order valence-electron chi connectivity index (χ2n) is 3.98. The van der Waals surface area contributed by atoms with E-state index >= 15 is 0 Å². The molecule has 0 fully saturated rings. The molecule has 0 unspecified atom stereocenters. The molecule has 0 saturated carbocycles. The van der Waals surface area contributed by atoms with Crippen molar-refractivity contribution in [1.29, 1.82) is 0 Å². The smallest absolute Gasteiger partial charge is 0.137 e. The highest BCUT2D eigenvalue weighted by Gasteiger charge is 2.05. The molecule has 94 valence electrons. The van der Waals surface area contributed by atoms with E-state index in [1.54, 1.807) is 19.1 Å². The summed E-state index contributed by atoms with van der Waals surface area (Å²) in [5.41, 5.74) is 1.30. The highest BCUT2D eigenvalue weighted by atomic mass is 35.5. The summed E-state index contributed by atoms with van der Waals surface area (Å²) in [6.45, 7) is 3.12. The molecule has 5 heteroatoms. The SMILES string of the molecule is C/C(=N\O)c1ccc(OCCN(C)C)c(Cl)c1. The average Bonchev–Trinajstić information content (AvgIpc) is 2.29. The van der Waals surface area contributed by atoms with Gasteiger partial charge in [-0.3, -0.25) is 0 Å². The van der Waals surface area contributed by atoms with Crippen molar-refractivity contribution < 1.29 is 9.94 Å². The highest BCUT2D eigenvalue weighted by Crippen LogP contribution is 2.25. The third kappa shape index (κ3) is 4.24. The Bertz CT molecular complexity index is 405. The zero-order valence-corrected chi connectivity index (χ0v) is 11.0. The lowest BCUT2D eigenvalue weighted by Gasteiger charge is -2.12. The molecular formula is C12H17ClN2O2. The first kappa shape index (κ1) is 13.8. The van der Waals surface area contributed by atoms with Gasteiger partial charge < -0.3 is 14.8 Å². The normalized spacial score (nSPS) is 11.9. The molecule has 1 N–H and O–H groups in total. The van der Waals surface area contributed by atoms with Crippen LogP contribution in [0.5, 0.6) is 5.75 Å². The topological polar surface area (TPSA) is 45.1 Å². The largest absolute Gasteiger partial charge is 0.491 e. The van der Waals surface area contributed by atoms with Crippen molar-refractivity contribution in [2.45, 2.75) is 6.92 Å². The van der Waals surface area contributed by atoms with Crippen molar-refractivity contribution >= 4 is 17.3 Å². The second kappa shape index (κ2) is 6.47. The van der Waals surface area contributed by atoms with Crippen LogP contribution in [-0.2, 0) is 0 Å². The zero-order chi connectivity index (χ0) is 12.8. The van der Waals surface area contributed by atoms with Crippen LogP contribution in [0.2, 0.25) is 5.02 Å². The molecule has 0 aliphatic carbocycles. The molecule has 1 aromatic rings. The molecule has 0 heterocycles. The molecule has 0 spiro atoms. The van der Waals surface area contributed by atoms with Gasteiger partial charge in [0.25, 0.3) is 0 Å². The standard InChI is InChI=1S/C12H17ClN2O2/c1-9(14-16)10-4-5-12(11(13)8-10)17-7-6-15(2)3/h4-5,8,16H,6-7H2,1-3H3/b14-9+. The van der Waals surface area contributed by atoms with Crippen molar-refractivity contribution in [1.82, 2.24) is 4.90 Å². The minimum absolute atomic E-state index is 0.518. The summed E-state index contributed by atoms with van der Waals surface area (Å²) in [5, 5.41) is 12.3. The van der Waals surface area contributed by atoms with E-state index in [2.05, 4.69) is 5.16 Å². The van der Waals surface area contributed by atoms with Crippen LogP contribution in [0.1, 0.15) is 12.5 Å². The van der Waals surface area contributed by atoms with Gasteiger partial charge in [-0.15, -0.1) is 0 Å². The monoisotopic (exact) mass is 256 g/mol. The number of rotatable bonds is 5. The summed E-state index contributed by atoms with van der Waals surface area (Å²) in [7, 11) is 3.96. The Hall–Kier alpha value is -1.26. The lowest BCUT2D eigenvalue weighted by molar-refractivity contribution is 0.261. The maximum Gasteiger partial charge on any atom is 0.137 e. The number of hydrogen-bond acceptors (Lipinski definition) is 4. The van der Waals surface area contributed by atoms with Gasteiger partial charge in [0, 0.05) is 12.1 Å². The van der Waals surface area contributed by atoms with Gasteiger partial charge in [0.1, 0.15) is 12.4 Å². The molecule has 0 atom stereocenters. The number of likely N-dealkylation sites (N-methyl/N-ethyl adjacent to an activating group) is 1. The van der Waals surface area contributed by atoms with Crippen LogP contribution in [0.4, 0.5) is 0 Å². The van der Waals surface area contributed by atoms with Crippen molar-refractivity contribution in [2.24, 2.45) is 5.16 Å². The molecule has 1 aromatic carbocycles. The Morgan fingerprint density at radius 3 is 2.71 bits per heavy atom. The maximum absolute atomic E-state index is 8.66. The van der Waals surface area contributed by atoms with Crippen LogP contribution in [-0.4, -0.2) is 43.1 Å². The lowest BCUT2D eigenvalue weighted by atomic mass is 10.1. The highest BCUT2D eigenvalue weighted by molar-refractivity contribution is 6.32. The van der Waals surface area contributed by atoms with Gasteiger partial charge in [0.05, 0.1) is 10.7 Å². The first-order chi connectivity index (χ1) is 8.04. The summed E-state index contributed by atoms with van der Waals surface area (Å²) in [6.07, 6.45) is 0. The number of benzene rings is 1. The van der Waals surface area contributed by atoms with Crippen LogP contribution in [0.15, 0.2) is 23.4 Å². The minimum atomic E-state index is 0.518. The Balaban J connectivity index is 2.70. The number of oxime groups is 1. The summed E-state index contributed by atoms with van der Waals surface area (Å²) in [5.74, 6) is 0.642. The van der Waals surface area contributed by atoms with Crippen molar-refractivity contribution in [3.05, 3.63) is 28.8 Å². The summed E-state index contributed by atoms with van der Waals surface area (Å²) >= 11 is 6.07. The van der Waals surface area contributed by atoms with Gasteiger partial charge in [-0.1, -0.05) is 16.8 Å². The first-order valence-electron chi connectivity index (χ1n) is 5.30. The average molecular weight is 257 g/mol. The third-order valence-electron chi connectivity index (χ3n) is 2.30. The number of nitrogens with zero attached hydrogens (tertiary/aromatic N) is 2. The molecule has 0 aliphatic heterocycles. The van der Waals surface area contributed by atoms with E-state index in [-0.39, 0.29) is 0 Å². The maximum atomic E-state index is 8.66. The molecule has 0 aliphatic rings. The van der Waals surface area contributed by atoms with E-state index in [1.165, 1.54) is 0 Å². The number of ether oxygens (including phenoxy) is 1. The molecule has 4 nitrogen and oxygen atoms in total. The van der Waals surface area contributed by atoms with Gasteiger partial charge >= 0.3 is 0 Å². The predicted octanol–water partition coefficient (Wildman–Crippen LogP) is 2.48. The summed E-state index contributed by atoms with van der Waals surface area (Å²) in [4.78, 5) is 2.03. The molecule has 0 radical (unpaired) electrons. The number of hydrogen-bond donors (Lipinski definition) is 1. The van der Waals surface area contributed by atoms with Crippen molar-refractivity contribution in [3.8, 4) is 5.75 Å². The summed E-state index contributed by atoms with van der Waals surface area (Å²) in [6, 6.07) is 5.32. The van der Waals surface area contributed by atoms with Crippen LogP contribution < -0.4 is 4.74 Å². The van der Waals surface area contributed by atoms with Gasteiger partial charge in [-0.05, 0) is 39.2 Å². The van der Waals surface area contributed by atoms with Crippen molar-refractivity contribution in [3.63, 3.8) is 0 Å². The van der Waals surface area contributed by atoms with E-state index in [1.807, 2.05) is 25.1 Å². The fourth-order valence-corrected chi connectivity index (χ4v) is 1.47. The van der Waals surface area contributed by atoms with Gasteiger partial charge in [0.15, 0.2) is 0 Å². The number of halogens is 1. The quantitative estimate of drug-likeness (QED) is 0.500. The fraction of sp³-hybridized carbons (Fsp3) is 0.417. The molecule has 17 heavy (non-hydrogen) atoms. The molecule has 0 bridgehead atoms. The molecule has 0 aromatic heterocycles. The van der Waals surface area contributed by atoms with Gasteiger partial charge in [0.2, 0.25) is 0 Å². The Morgan fingerprint density at radius 1 is 1.47 bits per heavy atom. The molecular weight excluding hydrogens is 240 g/mol. The van der Waals surface area contributed by atoms with E-state index in [9.17, 15) is 0 Å². The van der Waals surface area contributed by atoms with Gasteiger partial charge in [-0.25, -0.2) is 0 Å². The van der Waals surface area contributed by atoms with Crippen LogP contribution in [0, 0.1) is 0 Å².